The Kier molecular flexibility index (Phi) is 6.77. The summed E-state index contributed by atoms with van der Waals surface area (Å²) < 4.78 is 31.3. The van der Waals surface area contributed by atoms with E-state index in [0.717, 1.165) is 15.4 Å². The maximum atomic E-state index is 12.3. The van der Waals surface area contributed by atoms with Gasteiger partial charge in [-0.1, -0.05) is 54.1 Å². The van der Waals surface area contributed by atoms with E-state index in [0.29, 0.717) is 11.4 Å². The largest absolute Gasteiger partial charge is 0.484 e. The minimum Gasteiger partial charge on any atom is -0.484 e. The van der Waals surface area contributed by atoms with Gasteiger partial charge < -0.3 is 10.1 Å². The third-order valence-electron chi connectivity index (χ3n) is 4.30. The summed E-state index contributed by atoms with van der Waals surface area (Å²) in [4.78, 5) is 12.1. The van der Waals surface area contributed by atoms with Crippen LogP contribution in [0.3, 0.4) is 0 Å². The Morgan fingerprint density at radius 3 is 2.23 bits per heavy atom. The van der Waals surface area contributed by atoms with Crippen molar-refractivity contribution in [1.82, 2.24) is 4.31 Å². The molecule has 3 aromatic carbocycles. The fraction of sp³-hybridized carbons (Fsp3) is 0.136. The van der Waals surface area contributed by atoms with Gasteiger partial charge in [0.15, 0.2) is 6.61 Å². The summed E-state index contributed by atoms with van der Waals surface area (Å²) >= 11 is 6.02. The lowest BCUT2D eigenvalue weighted by Crippen LogP contribution is -2.23. The quantitative estimate of drug-likeness (QED) is 0.590. The number of anilines is 1. The molecule has 0 aliphatic heterocycles. The molecule has 0 bridgehead atoms. The molecule has 0 saturated heterocycles. The average Bonchev–Trinajstić information content (AvgIpc) is 2.74. The second kappa shape index (κ2) is 9.30. The summed E-state index contributed by atoms with van der Waals surface area (Å²) in [6.45, 7) is -0.219. The van der Waals surface area contributed by atoms with Gasteiger partial charge in [-0.3, -0.25) is 4.79 Å². The molecule has 3 rings (SSSR count). The number of carbonyl (C=O) groups is 1. The van der Waals surface area contributed by atoms with Crippen LogP contribution in [0.2, 0.25) is 5.02 Å². The van der Waals surface area contributed by atoms with Gasteiger partial charge in [0.05, 0.1) is 5.02 Å². The first-order chi connectivity index (χ1) is 14.3. The molecule has 0 aliphatic carbocycles. The second-order valence-electron chi connectivity index (χ2n) is 6.66. The van der Waals surface area contributed by atoms with Gasteiger partial charge in [-0.05, 0) is 41.5 Å². The molecule has 6 nitrogen and oxygen atoms in total. The van der Waals surface area contributed by atoms with Crippen LogP contribution in [0.15, 0.2) is 77.7 Å². The molecule has 8 heteroatoms. The van der Waals surface area contributed by atoms with E-state index in [1.54, 1.807) is 12.1 Å². The molecule has 0 aliphatic rings. The van der Waals surface area contributed by atoms with Crippen LogP contribution in [0.5, 0.6) is 5.75 Å². The number of amides is 1. The maximum absolute atomic E-state index is 12.3. The van der Waals surface area contributed by atoms with Gasteiger partial charge in [0.2, 0.25) is 10.0 Å². The Morgan fingerprint density at radius 1 is 0.967 bits per heavy atom. The highest BCUT2D eigenvalue weighted by atomic mass is 35.5. The van der Waals surface area contributed by atoms with E-state index >= 15 is 0 Å². The number of ether oxygens (including phenoxy) is 1. The molecule has 1 amide bonds. The molecule has 0 fully saturated rings. The first kappa shape index (κ1) is 21.8. The van der Waals surface area contributed by atoms with Gasteiger partial charge in [-0.25, -0.2) is 12.7 Å². The van der Waals surface area contributed by atoms with Crippen molar-refractivity contribution in [3.8, 4) is 16.9 Å². The highest BCUT2D eigenvalue weighted by Crippen LogP contribution is 2.27. The van der Waals surface area contributed by atoms with E-state index in [4.69, 9.17) is 16.3 Å². The molecular formula is C22H21ClN2O4S. The number of sulfonamides is 1. The Bertz CT molecular complexity index is 1130. The molecular weight excluding hydrogens is 424 g/mol. The summed E-state index contributed by atoms with van der Waals surface area (Å²) in [5, 5.41) is 2.70. The minimum atomic E-state index is -3.73. The van der Waals surface area contributed by atoms with Crippen molar-refractivity contribution < 1.29 is 17.9 Å². The zero-order chi connectivity index (χ0) is 21.7. The Morgan fingerprint density at radius 2 is 1.60 bits per heavy atom. The second-order valence-corrected chi connectivity index (χ2v) is 9.19. The Labute approximate surface area is 181 Å². The fourth-order valence-electron chi connectivity index (χ4n) is 2.70. The number of nitrogens with zero attached hydrogens (tertiary/aromatic N) is 1. The highest BCUT2D eigenvalue weighted by Gasteiger charge is 2.21. The zero-order valence-corrected chi connectivity index (χ0v) is 18.1. The molecule has 0 unspecified atom stereocenters. The van der Waals surface area contributed by atoms with Gasteiger partial charge in [0, 0.05) is 19.8 Å². The van der Waals surface area contributed by atoms with Gasteiger partial charge in [0.1, 0.15) is 10.6 Å². The minimum absolute atomic E-state index is 0.0793. The van der Waals surface area contributed by atoms with E-state index in [9.17, 15) is 13.2 Å². The lowest BCUT2D eigenvalue weighted by molar-refractivity contribution is -0.118. The van der Waals surface area contributed by atoms with Crippen molar-refractivity contribution in [2.24, 2.45) is 0 Å². The highest BCUT2D eigenvalue weighted by molar-refractivity contribution is 7.89. The molecule has 1 N–H and O–H groups in total. The Hall–Kier alpha value is -2.87. The molecule has 156 valence electrons. The predicted octanol–water partition coefficient (Wildman–Crippen LogP) is 4.27. The lowest BCUT2D eigenvalue weighted by Gasteiger charge is -2.14. The number of carbonyl (C=O) groups excluding carboxylic acids is 1. The summed E-state index contributed by atoms with van der Waals surface area (Å²) in [7, 11) is -0.908. The molecule has 0 heterocycles. The normalized spacial score (nSPS) is 11.3. The van der Waals surface area contributed by atoms with Crippen molar-refractivity contribution in [3.05, 3.63) is 77.8 Å². The number of nitrogens with one attached hydrogen (secondary N) is 1. The van der Waals surface area contributed by atoms with E-state index in [2.05, 4.69) is 5.32 Å². The summed E-state index contributed by atoms with van der Waals surface area (Å²) in [6, 6.07) is 21.6. The molecule has 3 aromatic rings. The third kappa shape index (κ3) is 5.18. The van der Waals surface area contributed by atoms with Gasteiger partial charge in [0.25, 0.3) is 5.91 Å². The summed E-state index contributed by atoms with van der Waals surface area (Å²) in [5.74, 6) is 0.134. The molecule has 0 saturated carbocycles. The molecule has 30 heavy (non-hydrogen) atoms. The van der Waals surface area contributed by atoms with Crippen LogP contribution < -0.4 is 10.1 Å². The molecule has 0 atom stereocenters. The number of halogens is 1. The van der Waals surface area contributed by atoms with Gasteiger partial charge >= 0.3 is 0 Å². The number of rotatable bonds is 7. The van der Waals surface area contributed by atoms with Gasteiger partial charge in [-0.2, -0.15) is 0 Å². The lowest BCUT2D eigenvalue weighted by atomic mass is 10.1. The summed E-state index contributed by atoms with van der Waals surface area (Å²) in [5.41, 5.74) is 2.45. The van der Waals surface area contributed by atoms with Crippen LogP contribution in [0.4, 0.5) is 5.69 Å². The van der Waals surface area contributed by atoms with Crippen molar-refractivity contribution >= 4 is 33.2 Å². The molecule has 0 aromatic heterocycles. The van der Waals surface area contributed by atoms with Crippen molar-refractivity contribution in [2.75, 3.05) is 26.0 Å². The third-order valence-corrected chi connectivity index (χ3v) is 6.60. The van der Waals surface area contributed by atoms with E-state index in [-0.39, 0.29) is 16.5 Å². The topological polar surface area (TPSA) is 75.7 Å². The van der Waals surface area contributed by atoms with Crippen LogP contribution in [-0.2, 0) is 14.8 Å². The zero-order valence-electron chi connectivity index (χ0n) is 16.5. The predicted molar refractivity (Wildman–Crippen MR) is 118 cm³/mol. The maximum Gasteiger partial charge on any atom is 0.262 e. The van der Waals surface area contributed by atoms with E-state index < -0.39 is 15.9 Å². The fourth-order valence-corrected chi connectivity index (χ4v) is 4.09. The van der Waals surface area contributed by atoms with Crippen LogP contribution in [0, 0.1) is 0 Å². The van der Waals surface area contributed by atoms with Crippen molar-refractivity contribution in [3.63, 3.8) is 0 Å². The van der Waals surface area contributed by atoms with Crippen molar-refractivity contribution in [1.29, 1.82) is 0 Å². The first-order valence-electron chi connectivity index (χ1n) is 9.07. The van der Waals surface area contributed by atoms with Crippen molar-refractivity contribution in [2.45, 2.75) is 4.90 Å². The first-order valence-corrected chi connectivity index (χ1v) is 10.9. The van der Waals surface area contributed by atoms with E-state index in [1.807, 2.05) is 42.5 Å². The molecule has 0 radical (unpaired) electrons. The monoisotopic (exact) mass is 444 g/mol. The summed E-state index contributed by atoms with van der Waals surface area (Å²) in [6.07, 6.45) is 0. The van der Waals surface area contributed by atoms with Crippen LogP contribution in [0.25, 0.3) is 11.1 Å². The van der Waals surface area contributed by atoms with Gasteiger partial charge in [-0.15, -0.1) is 0 Å². The van der Waals surface area contributed by atoms with Crippen LogP contribution >= 0.6 is 11.6 Å². The number of hydrogen-bond acceptors (Lipinski definition) is 4. The number of benzene rings is 3. The Balaban J connectivity index is 1.63. The standard InChI is InChI=1S/C22H21ClN2O4S/c1-25(2)30(27,28)21-14-18(10-13-20(21)23)24-22(26)15-29-19-11-8-17(9-12-19)16-6-4-3-5-7-16/h3-14H,15H2,1-2H3,(H,24,26). The van der Waals surface area contributed by atoms with Crippen LogP contribution in [0.1, 0.15) is 0 Å². The average molecular weight is 445 g/mol. The SMILES string of the molecule is CN(C)S(=O)(=O)c1cc(NC(=O)COc2ccc(-c3ccccc3)cc2)ccc1Cl. The van der Waals surface area contributed by atoms with Crippen LogP contribution in [-0.4, -0.2) is 39.3 Å². The van der Waals surface area contributed by atoms with E-state index in [1.165, 1.54) is 32.3 Å². The number of hydrogen-bond donors (Lipinski definition) is 1. The molecule has 0 spiro atoms. The smallest absolute Gasteiger partial charge is 0.262 e.